The molecule has 0 aliphatic rings. The van der Waals surface area contributed by atoms with Crippen molar-refractivity contribution < 1.29 is 9.18 Å². The number of hydrogen-bond acceptors (Lipinski definition) is 5. The zero-order valence-electron chi connectivity index (χ0n) is 10.5. The maximum absolute atomic E-state index is 12.9. The molecule has 0 saturated heterocycles. The fourth-order valence-corrected chi connectivity index (χ4v) is 2.33. The largest absolute Gasteiger partial charge is 0.294 e. The van der Waals surface area contributed by atoms with Gasteiger partial charge < -0.3 is 0 Å². The molecule has 0 spiro atoms. The summed E-state index contributed by atoms with van der Waals surface area (Å²) in [7, 11) is 0. The summed E-state index contributed by atoms with van der Waals surface area (Å²) in [6.07, 6.45) is 1.49. The second-order valence-corrected chi connectivity index (χ2v) is 4.91. The molecule has 2 rings (SSSR count). The fourth-order valence-electron chi connectivity index (χ4n) is 1.52. The second kappa shape index (κ2) is 5.71. The van der Waals surface area contributed by atoms with E-state index in [0.717, 1.165) is 0 Å². The zero-order chi connectivity index (χ0) is 13.8. The van der Waals surface area contributed by atoms with Crippen molar-refractivity contribution in [3.05, 3.63) is 46.2 Å². The van der Waals surface area contributed by atoms with Gasteiger partial charge in [-0.05, 0) is 24.6 Å². The van der Waals surface area contributed by atoms with Gasteiger partial charge in [0.1, 0.15) is 5.82 Å². The molecule has 1 N–H and O–H groups in total. The number of nitrogens with zero attached hydrogens (tertiary/aromatic N) is 2. The Kier molecular flexibility index (Phi) is 4.01. The van der Waals surface area contributed by atoms with Gasteiger partial charge in [0.25, 0.3) is 0 Å². The van der Waals surface area contributed by atoms with E-state index in [1.807, 2.05) is 0 Å². The van der Waals surface area contributed by atoms with Crippen molar-refractivity contribution in [3.63, 3.8) is 0 Å². The highest BCUT2D eigenvalue weighted by Crippen LogP contribution is 2.22. The van der Waals surface area contributed by atoms with Crippen LogP contribution in [0.4, 0.5) is 9.52 Å². The fraction of sp³-hybridized carbons (Fsp3) is 0.154. The Morgan fingerprint density at radius 2 is 2.32 bits per heavy atom. The van der Waals surface area contributed by atoms with Crippen molar-refractivity contribution >= 4 is 28.5 Å². The minimum atomic E-state index is -0.312. The Hall–Kier alpha value is -2.08. The van der Waals surface area contributed by atoms with Crippen LogP contribution in [0.2, 0.25) is 0 Å². The number of halogens is 1. The van der Waals surface area contributed by atoms with E-state index in [4.69, 9.17) is 0 Å². The monoisotopic (exact) mass is 277 g/mol. The van der Waals surface area contributed by atoms with Crippen molar-refractivity contribution in [2.45, 2.75) is 13.8 Å². The molecular formula is C13H12FN3OS. The van der Waals surface area contributed by atoms with E-state index in [1.165, 1.54) is 36.6 Å². The standard InChI is InChI=1S/C13H12FN3OS/c1-8-12(9(2)18)19-13(16-8)17-15-7-10-4-3-5-11(14)6-10/h3-7H,1-2H3,(H,16,17)/b15-7-. The quantitative estimate of drug-likeness (QED) is 0.530. The molecule has 4 nitrogen and oxygen atoms in total. The number of hydrogen-bond donors (Lipinski definition) is 1. The number of rotatable bonds is 4. The van der Waals surface area contributed by atoms with Gasteiger partial charge in [-0.25, -0.2) is 9.37 Å². The van der Waals surface area contributed by atoms with Gasteiger partial charge in [0.05, 0.1) is 16.8 Å². The first-order chi connectivity index (χ1) is 9.06. The van der Waals surface area contributed by atoms with E-state index >= 15 is 0 Å². The lowest BCUT2D eigenvalue weighted by Crippen LogP contribution is -1.90. The van der Waals surface area contributed by atoms with Crippen LogP contribution < -0.4 is 5.43 Å². The summed E-state index contributed by atoms with van der Waals surface area (Å²) in [6.45, 7) is 3.27. The van der Waals surface area contributed by atoms with Crippen LogP contribution in [-0.2, 0) is 0 Å². The van der Waals surface area contributed by atoms with Crippen LogP contribution in [0, 0.1) is 12.7 Å². The van der Waals surface area contributed by atoms with Gasteiger partial charge in [0.15, 0.2) is 5.78 Å². The van der Waals surface area contributed by atoms with Gasteiger partial charge >= 0.3 is 0 Å². The maximum atomic E-state index is 12.9. The van der Waals surface area contributed by atoms with Crippen LogP contribution >= 0.6 is 11.3 Å². The first kappa shape index (κ1) is 13.4. The molecule has 2 aromatic rings. The highest BCUT2D eigenvalue weighted by molar-refractivity contribution is 7.17. The predicted octanol–water partition coefficient (Wildman–Crippen LogP) is 3.24. The highest BCUT2D eigenvalue weighted by atomic mass is 32.1. The van der Waals surface area contributed by atoms with Crippen molar-refractivity contribution in [2.24, 2.45) is 5.10 Å². The van der Waals surface area contributed by atoms with E-state index in [-0.39, 0.29) is 11.6 Å². The number of carbonyl (C=O) groups excluding carboxylic acids is 1. The Bertz CT molecular complexity index is 637. The summed E-state index contributed by atoms with van der Waals surface area (Å²) in [6, 6.07) is 6.09. The summed E-state index contributed by atoms with van der Waals surface area (Å²) in [5, 5.41) is 4.50. The van der Waals surface area contributed by atoms with Crippen molar-refractivity contribution in [2.75, 3.05) is 5.43 Å². The van der Waals surface area contributed by atoms with Crippen molar-refractivity contribution in [1.82, 2.24) is 4.98 Å². The van der Waals surface area contributed by atoms with E-state index in [2.05, 4.69) is 15.5 Å². The van der Waals surface area contributed by atoms with Crippen LogP contribution in [0.1, 0.15) is 27.9 Å². The molecule has 1 aromatic heterocycles. The number of carbonyl (C=O) groups is 1. The topological polar surface area (TPSA) is 54.4 Å². The van der Waals surface area contributed by atoms with Crippen LogP contribution in [0.25, 0.3) is 0 Å². The first-order valence-corrected chi connectivity index (χ1v) is 6.41. The van der Waals surface area contributed by atoms with Gasteiger partial charge in [-0.1, -0.05) is 23.5 Å². The first-order valence-electron chi connectivity index (χ1n) is 5.59. The van der Waals surface area contributed by atoms with Gasteiger partial charge in [0, 0.05) is 6.92 Å². The van der Waals surface area contributed by atoms with Gasteiger partial charge in [-0.2, -0.15) is 5.10 Å². The third kappa shape index (κ3) is 3.45. The lowest BCUT2D eigenvalue weighted by atomic mass is 10.2. The molecule has 6 heteroatoms. The van der Waals surface area contributed by atoms with Gasteiger partial charge in [-0.15, -0.1) is 0 Å². The molecule has 98 valence electrons. The Morgan fingerprint density at radius 3 is 2.95 bits per heavy atom. The van der Waals surface area contributed by atoms with E-state index in [0.29, 0.717) is 21.3 Å². The molecule has 19 heavy (non-hydrogen) atoms. The molecular weight excluding hydrogens is 265 g/mol. The van der Waals surface area contributed by atoms with Crippen molar-refractivity contribution in [3.8, 4) is 0 Å². The Labute approximate surface area is 114 Å². The smallest absolute Gasteiger partial charge is 0.204 e. The van der Waals surface area contributed by atoms with Gasteiger partial charge in [-0.3, -0.25) is 10.2 Å². The number of ketones is 1. The van der Waals surface area contributed by atoms with Crippen molar-refractivity contribution in [1.29, 1.82) is 0 Å². The van der Waals surface area contributed by atoms with Crippen LogP contribution in [0.15, 0.2) is 29.4 Å². The third-order valence-corrected chi connectivity index (χ3v) is 3.50. The molecule has 0 amide bonds. The summed E-state index contributed by atoms with van der Waals surface area (Å²) in [5.41, 5.74) is 4.06. The minimum Gasteiger partial charge on any atom is -0.294 e. The number of thiazole rings is 1. The highest BCUT2D eigenvalue weighted by Gasteiger charge is 2.10. The number of hydrazone groups is 1. The maximum Gasteiger partial charge on any atom is 0.204 e. The second-order valence-electron chi connectivity index (χ2n) is 3.91. The molecule has 0 unspecified atom stereocenters. The minimum absolute atomic E-state index is 0.0165. The molecule has 0 bridgehead atoms. The molecule has 0 aliphatic carbocycles. The van der Waals surface area contributed by atoms with E-state index in [1.54, 1.807) is 19.1 Å². The average molecular weight is 277 g/mol. The Morgan fingerprint density at radius 1 is 1.53 bits per heavy atom. The normalized spacial score (nSPS) is 10.9. The predicted molar refractivity (Wildman–Crippen MR) is 74.5 cm³/mol. The van der Waals surface area contributed by atoms with E-state index < -0.39 is 0 Å². The number of Topliss-reactive ketones (excluding diaryl/α,β-unsaturated/α-hetero) is 1. The summed E-state index contributed by atoms with van der Waals surface area (Å²) < 4.78 is 12.9. The summed E-state index contributed by atoms with van der Waals surface area (Å²) >= 11 is 1.25. The number of aromatic nitrogens is 1. The number of nitrogens with one attached hydrogen (secondary N) is 1. The molecule has 0 fully saturated rings. The molecule has 0 saturated carbocycles. The van der Waals surface area contributed by atoms with Gasteiger partial charge in [0.2, 0.25) is 5.13 Å². The summed E-state index contributed by atoms with van der Waals surface area (Å²) in [5.74, 6) is -0.329. The molecule has 0 radical (unpaired) electrons. The number of aryl methyl sites for hydroxylation is 1. The van der Waals surface area contributed by atoms with E-state index in [9.17, 15) is 9.18 Å². The van der Waals surface area contributed by atoms with Crippen LogP contribution in [-0.4, -0.2) is 17.0 Å². The molecule has 0 aliphatic heterocycles. The summed E-state index contributed by atoms with van der Waals surface area (Å²) in [4.78, 5) is 16.1. The Balaban J connectivity index is 2.06. The molecule has 1 heterocycles. The lowest BCUT2D eigenvalue weighted by Gasteiger charge is -1.94. The lowest BCUT2D eigenvalue weighted by molar-refractivity contribution is 0.102. The molecule has 1 aromatic carbocycles. The number of benzene rings is 1. The third-order valence-electron chi connectivity index (χ3n) is 2.34. The number of anilines is 1. The van der Waals surface area contributed by atoms with Crippen LogP contribution in [0.3, 0.4) is 0 Å². The average Bonchev–Trinajstić information content (AvgIpc) is 2.71. The SMILES string of the molecule is CC(=O)c1sc(N/N=C\c2cccc(F)c2)nc1C. The van der Waals surface area contributed by atoms with Crippen LogP contribution in [0.5, 0.6) is 0 Å². The zero-order valence-corrected chi connectivity index (χ0v) is 11.3. The molecule has 0 atom stereocenters.